The van der Waals surface area contributed by atoms with Crippen LogP contribution in [0, 0.1) is 13.8 Å². The third-order valence-corrected chi connectivity index (χ3v) is 2.83. The smallest absolute Gasteiger partial charge is 0.142 e. The van der Waals surface area contributed by atoms with Crippen molar-refractivity contribution in [3.63, 3.8) is 0 Å². The van der Waals surface area contributed by atoms with E-state index in [4.69, 9.17) is 4.84 Å². The van der Waals surface area contributed by atoms with Crippen LogP contribution in [-0.4, -0.2) is 6.21 Å². The van der Waals surface area contributed by atoms with Gasteiger partial charge in [-0.2, -0.15) is 0 Å². The molecule has 0 heterocycles. The van der Waals surface area contributed by atoms with E-state index in [-0.39, 0.29) is 0 Å². The van der Waals surface area contributed by atoms with Crippen molar-refractivity contribution in [2.24, 2.45) is 5.16 Å². The summed E-state index contributed by atoms with van der Waals surface area (Å²) in [7, 11) is 0. The number of rotatable bonds is 4. The third-order valence-electron chi connectivity index (χ3n) is 2.83. The van der Waals surface area contributed by atoms with Crippen molar-refractivity contribution in [1.29, 1.82) is 0 Å². The second kappa shape index (κ2) is 6.01. The van der Waals surface area contributed by atoms with Gasteiger partial charge >= 0.3 is 0 Å². The van der Waals surface area contributed by atoms with Crippen LogP contribution in [0.15, 0.2) is 53.7 Å². The number of nitrogens with zero attached hydrogens (tertiary/aromatic N) is 1. The van der Waals surface area contributed by atoms with Crippen LogP contribution >= 0.6 is 0 Å². The maximum Gasteiger partial charge on any atom is 0.142 e. The van der Waals surface area contributed by atoms with Gasteiger partial charge in [0.25, 0.3) is 0 Å². The molecule has 18 heavy (non-hydrogen) atoms. The maximum atomic E-state index is 5.30. The second-order valence-electron chi connectivity index (χ2n) is 4.35. The van der Waals surface area contributed by atoms with Gasteiger partial charge < -0.3 is 4.84 Å². The summed E-state index contributed by atoms with van der Waals surface area (Å²) in [5, 5.41) is 3.98. The molecule has 2 heteroatoms. The lowest BCUT2D eigenvalue weighted by atomic mass is 10.1. The van der Waals surface area contributed by atoms with Crippen molar-refractivity contribution in [3.8, 4) is 0 Å². The molecule has 2 aromatic carbocycles. The van der Waals surface area contributed by atoms with E-state index in [9.17, 15) is 0 Å². The molecule has 0 saturated heterocycles. The normalized spacial score (nSPS) is 10.8. The standard InChI is InChI=1S/C16H17NO/c1-13-7-9-15(10-8-13)11-17-18-12-16-6-4-3-5-14(16)2/h3-11H,12H2,1-2H3. The topological polar surface area (TPSA) is 21.6 Å². The molecule has 0 spiro atoms. The van der Waals surface area contributed by atoms with E-state index < -0.39 is 0 Å². The molecular formula is C16H17NO. The summed E-state index contributed by atoms with van der Waals surface area (Å²) in [6.45, 7) is 4.65. The molecule has 0 aliphatic carbocycles. The van der Waals surface area contributed by atoms with E-state index in [0.29, 0.717) is 6.61 Å². The van der Waals surface area contributed by atoms with Crippen molar-refractivity contribution in [3.05, 3.63) is 70.8 Å². The Bertz CT molecular complexity index is 529. The predicted octanol–water partition coefficient (Wildman–Crippen LogP) is 3.85. The minimum atomic E-state index is 0.509. The van der Waals surface area contributed by atoms with E-state index in [0.717, 1.165) is 5.56 Å². The molecule has 0 N–H and O–H groups in total. The third kappa shape index (κ3) is 3.45. The molecule has 2 aromatic rings. The van der Waals surface area contributed by atoms with Crippen molar-refractivity contribution >= 4 is 6.21 Å². The highest BCUT2D eigenvalue weighted by Gasteiger charge is 1.95. The summed E-state index contributed by atoms with van der Waals surface area (Å²) < 4.78 is 0. The van der Waals surface area contributed by atoms with Crippen LogP contribution in [0.3, 0.4) is 0 Å². The van der Waals surface area contributed by atoms with Gasteiger partial charge in [-0.25, -0.2) is 0 Å². The molecule has 0 fully saturated rings. The first kappa shape index (κ1) is 12.4. The fourth-order valence-electron chi connectivity index (χ4n) is 1.63. The fraction of sp³-hybridized carbons (Fsp3) is 0.188. The van der Waals surface area contributed by atoms with Gasteiger partial charge in [-0.1, -0.05) is 59.3 Å². The Labute approximate surface area is 108 Å². The minimum Gasteiger partial charge on any atom is -0.391 e. The second-order valence-corrected chi connectivity index (χ2v) is 4.35. The van der Waals surface area contributed by atoms with Gasteiger partial charge in [-0.15, -0.1) is 0 Å². The van der Waals surface area contributed by atoms with Crippen LogP contribution in [0.2, 0.25) is 0 Å². The highest BCUT2D eigenvalue weighted by Crippen LogP contribution is 2.08. The number of oxime groups is 1. The molecule has 0 radical (unpaired) electrons. The molecule has 0 aromatic heterocycles. The quantitative estimate of drug-likeness (QED) is 0.586. The van der Waals surface area contributed by atoms with Crippen LogP contribution in [0.5, 0.6) is 0 Å². The Kier molecular flexibility index (Phi) is 4.13. The van der Waals surface area contributed by atoms with E-state index >= 15 is 0 Å². The average Bonchev–Trinajstić information content (AvgIpc) is 2.39. The molecule has 0 aliphatic heterocycles. The summed E-state index contributed by atoms with van der Waals surface area (Å²) in [5.74, 6) is 0. The van der Waals surface area contributed by atoms with Crippen molar-refractivity contribution in [1.82, 2.24) is 0 Å². The molecule has 0 bridgehead atoms. The van der Waals surface area contributed by atoms with E-state index in [1.165, 1.54) is 16.7 Å². The van der Waals surface area contributed by atoms with Gasteiger partial charge in [-0.05, 0) is 30.5 Å². The SMILES string of the molecule is Cc1ccc(C=NOCc2ccccc2C)cc1. The lowest BCUT2D eigenvalue weighted by Gasteiger charge is -2.03. The van der Waals surface area contributed by atoms with Gasteiger partial charge in [0.15, 0.2) is 0 Å². The molecule has 2 nitrogen and oxygen atoms in total. The molecule has 92 valence electrons. The number of aryl methyl sites for hydroxylation is 2. The number of hydrogen-bond acceptors (Lipinski definition) is 2. The first-order valence-corrected chi connectivity index (χ1v) is 6.02. The van der Waals surface area contributed by atoms with Gasteiger partial charge in [-0.3, -0.25) is 0 Å². The number of benzene rings is 2. The minimum absolute atomic E-state index is 0.509. The Hall–Kier alpha value is -2.09. The average molecular weight is 239 g/mol. The van der Waals surface area contributed by atoms with Crippen LogP contribution in [0.1, 0.15) is 22.3 Å². The zero-order chi connectivity index (χ0) is 12.8. The van der Waals surface area contributed by atoms with Crippen LogP contribution in [-0.2, 0) is 11.4 Å². The molecule has 0 atom stereocenters. The first-order chi connectivity index (χ1) is 8.75. The summed E-state index contributed by atoms with van der Waals surface area (Å²) in [5.41, 5.74) is 4.68. The maximum absolute atomic E-state index is 5.30. The number of hydrogen-bond donors (Lipinski definition) is 0. The summed E-state index contributed by atoms with van der Waals surface area (Å²) in [4.78, 5) is 5.30. The molecular weight excluding hydrogens is 222 g/mol. The van der Waals surface area contributed by atoms with Gasteiger partial charge in [0, 0.05) is 0 Å². The van der Waals surface area contributed by atoms with E-state index in [2.05, 4.69) is 43.3 Å². The lowest BCUT2D eigenvalue weighted by molar-refractivity contribution is 0.131. The predicted molar refractivity (Wildman–Crippen MR) is 74.7 cm³/mol. The lowest BCUT2D eigenvalue weighted by Crippen LogP contribution is -1.91. The Morgan fingerprint density at radius 2 is 1.72 bits per heavy atom. The molecule has 0 unspecified atom stereocenters. The zero-order valence-corrected chi connectivity index (χ0v) is 10.8. The van der Waals surface area contributed by atoms with E-state index in [1.807, 2.05) is 24.3 Å². The Balaban J connectivity index is 1.89. The summed E-state index contributed by atoms with van der Waals surface area (Å²) in [6, 6.07) is 16.3. The molecule has 2 rings (SSSR count). The monoisotopic (exact) mass is 239 g/mol. The van der Waals surface area contributed by atoms with E-state index in [1.54, 1.807) is 6.21 Å². The molecule has 0 amide bonds. The van der Waals surface area contributed by atoms with Gasteiger partial charge in [0.2, 0.25) is 0 Å². The van der Waals surface area contributed by atoms with Crippen LogP contribution in [0.4, 0.5) is 0 Å². The fourth-order valence-corrected chi connectivity index (χ4v) is 1.63. The van der Waals surface area contributed by atoms with Crippen molar-refractivity contribution in [2.75, 3.05) is 0 Å². The largest absolute Gasteiger partial charge is 0.391 e. The van der Waals surface area contributed by atoms with Gasteiger partial charge in [0.1, 0.15) is 6.61 Å². The first-order valence-electron chi connectivity index (χ1n) is 6.02. The zero-order valence-electron chi connectivity index (χ0n) is 10.8. The van der Waals surface area contributed by atoms with Crippen LogP contribution in [0.25, 0.3) is 0 Å². The molecule has 0 aliphatic rings. The van der Waals surface area contributed by atoms with Gasteiger partial charge in [0.05, 0.1) is 6.21 Å². The summed E-state index contributed by atoms with van der Waals surface area (Å²) in [6.07, 6.45) is 1.73. The van der Waals surface area contributed by atoms with Crippen molar-refractivity contribution < 1.29 is 4.84 Å². The highest BCUT2D eigenvalue weighted by atomic mass is 16.6. The Morgan fingerprint density at radius 3 is 2.44 bits per heavy atom. The highest BCUT2D eigenvalue weighted by molar-refractivity contribution is 5.79. The molecule has 0 saturated carbocycles. The summed E-state index contributed by atoms with van der Waals surface area (Å²) >= 11 is 0. The van der Waals surface area contributed by atoms with Crippen LogP contribution < -0.4 is 0 Å². The Morgan fingerprint density at radius 1 is 1.00 bits per heavy atom. The van der Waals surface area contributed by atoms with Crippen molar-refractivity contribution in [2.45, 2.75) is 20.5 Å².